The van der Waals surface area contributed by atoms with Gasteiger partial charge in [-0.1, -0.05) is 174 Å². The number of aliphatic hydroxyl groups excluding tert-OH is 3. The summed E-state index contributed by atoms with van der Waals surface area (Å²) in [4.78, 5) is 12.3. The van der Waals surface area contributed by atoms with Crippen LogP contribution >= 0.6 is 0 Å². The van der Waals surface area contributed by atoms with E-state index < -0.39 is 24.2 Å². The van der Waals surface area contributed by atoms with Gasteiger partial charge in [-0.05, 0) is 19.3 Å². The second-order valence-electron chi connectivity index (χ2n) is 12.1. The minimum Gasteiger partial charge on any atom is -0.394 e. The Morgan fingerprint density at radius 1 is 0.600 bits per heavy atom. The van der Waals surface area contributed by atoms with Gasteiger partial charge in [-0.15, -0.1) is 0 Å². The topological polar surface area (TPSA) is 89.8 Å². The number of hydrogen-bond acceptors (Lipinski definition) is 4. The Bertz CT molecular complexity index is 554. The van der Waals surface area contributed by atoms with Crippen molar-refractivity contribution >= 4 is 5.91 Å². The molecule has 0 aliphatic heterocycles. The summed E-state index contributed by atoms with van der Waals surface area (Å²) in [7, 11) is 0. The van der Waals surface area contributed by atoms with Crippen LogP contribution in [0.15, 0.2) is 12.2 Å². The second kappa shape index (κ2) is 31.0. The highest BCUT2D eigenvalue weighted by molar-refractivity contribution is 5.80. The van der Waals surface area contributed by atoms with Gasteiger partial charge in [-0.25, -0.2) is 0 Å². The van der Waals surface area contributed by atoms with Crippen molar-refractivity contribution in [3.8, 4) is 0 Å². The monoisotopic (exact) mass is 568 g/mol. The number of nitrogens with one attached hydrogen (secondary N) is 1. The van der Waals surface area contributed by atoms with Crippen molar-refractivity contribution in [2.45, 2.75) is 199 Å². The third-order valence-electron chi connectivity index (χ3n) is 8.13. The molecule has 0 aromatic rings. The average Bonchev–Trinajstić information content (AvgIpc) is 2.96. The lowest BCUT2D eigenvalue weighted by atomic mass is 10.0. The molecule has 0 fully saturated rings. The van der Waals surface area contributed by atoms with Crippen LogP contribution in [0.5, 0.6) is 0 Å². The van der Waals surface area contributed by atoms with E-state index in [4.69, 9.17) is 0 Å². The number of carbonyl (C=O) groups is 1. The maximum atomic E-state index is 12.3. The van der Waals surface area contributed by atoms with E-state index in [2.05, 4.69) is 19.2 Å². The molecule has 0 bridgehead atoms. The largest absolute Gasteiger partial charge is 0.394 e. The molecule has 0 saturated carbocycles. The zero-order valence-corrected chi connectivity index (χ0v) is 26.7. The molecule has 238 valence electrons. The number of aliphatic hydroxyl groups is 3. The molecular weight excluding hydrogens is 498 g/mol. The Morgan fingerprint density at radius 3 is 1.38 bits per heavy atom. The van der Waals surface area contributed by atoms with Gasteiger partial charge in [0.15, 0.2) is 0 Å². The molecule has 0 aliphatic carbocycles. The Balaban J connectivity index is 3.76. The van der Waals surface area contributed by atoms with Crippen molar-refractivity contribution in [2.24, 2.45) is 0 Å². The SMILES string of the molecule is CCCCCCCCCCCCC/C=C/C(O)C(CO)NC(=O)C(O)CCCCCCCCCCCCCCC. The maximum absolute atomic E-state index is 12.3. The van der Waals surface area contributed by atoms with E-state index in [0.29, 0.717) is 6.42 Å². The zero-order valence-electron chi connectivity index (χ0n) is 26.7. The molecule has 0 saturated heterocycles. The molecule has 5 nitrogen and oxygen atoms in total. The summed E-state index contributed by atoms with van der Waals surface area (Å²) in [5, 5.41) is 32.9. The molecule has 0 spiro atoms. The average molecular weight is 568 g/mol. The third-order valence-corrected chi connectivity index (χ3v) is 8.13. The van der Waals surface area contributed by atoms with Gasteiger partial charge in [-0.2, -0.15) is 0 Å². The summed E-state index contributed by atoms with van der Waals surface area (Å²) in [5.41, 5.74) is 0. The summed E-state index contributed by atoms with van der Waals surface area (Å²) < 4.78 is 0. The van der Waals surface area contributed by atoms with Crippen molar-refractivity contribution in [1.82, 2.24) is 5.32 Å². The first-order valence-electron chi connectivity index (χ1n) is 17.5. The van der Waals surface area contributed by atoms with Gasteiger partial charge in [0, 0.05) is 0 Å². The molecule has 0 aliphatic rings. The van der Waals surface area contributed by atoms with Crippen molar-refractivity contribution in [3.05, 3.63) is 12.2 Å². The van der Waals surface area contributed by atoms with Crippen molar-refractivity contribution in [3.63, 3.8) is 0 Å². The van der Waals surface area contributed by atoms with Gasteiger partial charge in [0.2, 0.25) is 5.91 Å². The van der Waals surface area contributed by atoms with Crippen LogP contribution in [0.1, 0.15) is 181 Å². The highest BCUT2D eigenvalue weighted by Crippen LogP contribution is 2.14. The first-order chi connectivity index (χ1) is 19.6. The maximum Gasteiger partial charge on any atom is 0.249 e. The molecule has 0 rings (SSSR count). The van der Waals surface area contributed by atoms with Crippen LogP contribution in [-0.2, 0) is 4.79 Å². The smallest absolute Gasteiger partial charge is 0.249 e. The van der Waals surface area contributed by atoms with E-state index in [1.54, 1.807) is 6.08 Å². The predicted octanol–water partition coefficient (Wildman–Crippen LogP) is 8.92. The lowest BCUT2D eigenvalue weighted by Gasteiger charge is -2.21. The van der Waals surface area contributed by atoms with E-state index in [1.165, 1.54) is 128 Å². The van der Waals surface area contributed by atoms with Crippen LogP contribution < -0.4 is 5.32 Å². The number of amides is 1. The summed E-state index contributed by atoms with van der Waals surface area (Å²) in [6.07, 6.45) is 33.6. The number of rotatable bonds is 31. The zero-order chi connectivity index (χ0) is 29.5. The Hall–Kier alpha value is -0.910. The van der Waals surface area contributed by atoms with Crippen LogP contribution in [-0.4, -0.2) is 46.1 Å². The van der Waals surface area contributed by atoms with E-state index in [1.807, 2.05) is 6.08 Å². The van der Waals surface area contributed by atoms with Gasteiger partial charge < -0.3 is 20.6 Å². The molecule has 0 aromatic carbocycles. The number of allylic oxidation sites excluding steroid dienone is 1. The fourth-order valence-corrected chi connectivity index (χ4v) is 5.30. The standard InChI is InChI=1S/C35H69NO4/c1-3-5-7-9-11-13-15-17-19-21-23-25-27-29-33(38)32(31-37)36-35(40)34(39)30-28-26-24-22-20-18-16-14-12-10-8-6-4-2/h27,29,32-34,37-39H,3-26,28,30-31H2,1-2H3,(H,36,40)/b29-27+. The number of unbranched alkanes of at least 4 members (excludes halogenated alkanes) is 23. The molecule has 4 N–H and O–H groups in total. The fourth-order valence-electron chi connectivity index (χ4n) is 5.30. The number of carbonyl (C=O) groups excluding carboxylic acids is 1. The summed E-state index contributed by atoms with van der Waals surface area (Å²) in [6.45, 7) is 4.15. The minimum absolute atomic E-state index is 0.360. The Kier molecular flexibility index (Phi) is 30.3. The van der Waals surface area contributed by atoms with E-state index >= 15 is 0 Å². The molecule has 5 heteroatoms. The van der Waals surface area contributed by atoms with Crippen LogP contribution in [0, 0.1) is 0 Å². The lowest BCUT2D eigenvalue weighted by Crippen LogP contribution is -2.48. The molecule has 0 radical (unpaired) electrons. The van der Waals surface area contributed by atoms with Crippen LogP contribution in [0.3, 0.4) is 0 Å². The molecular formula is C35H69NO4. The second-order valence-corrected chi connectivity index (χ2v) is 12.1. The number of hydrogen-bond donors (Lipinski definition) is 4. The quantitative estimate of drug-likeness (QED) is 0.0497. The summed E-state index contributed by atoms with van der Waals surface area (Å²) >= 11 is 0. The first kappa shape index (κ1) is 39.1. The highest BCUT2D eigenvalue weighted by Gasteiger charge is 2.22. The molecule has 0 heterocycles. The van der Waals surface area contributed by atoms with E-state index in [9.17, 15) is 20.1 Å². The summed E-state index contributed by atoms with van der Waals surface area (Å²) in [5.74, 6) is -0.504. The molecule has 40 heavy (non-hydrogen) atoms. The Morgan fingerprint density at radius 2 is 0.975 bits per heavy atom. The van der Waals surface area contributed by atoms with Gasteiger partial charge in [-0.3, -0.25) is 4.79 Å². The molecule has 3 unspecified atom stereocenters. The molecule has 1 amide bonds. The molecule has 0 aromatic heterocycles. The van der Waals surface area contributed by atoms with Crippen molar-refractivity contribution in [2.75, 3.05) is 6.61 Å². The lowest BCUT2D eigenvalue weighted by molar-refractivity contribution is -0.131. The van der Waals surface area contributed by atoms with Gasteiger partial charge in [0.1, 0.15) is 6.10 Å². The van der Waals surface area contributed by atoms with Crippen LogP contribution in [0.4, 0.5) is 0 Å². The van der Waals surface area contributed by atoms with Crippen molar-refractivity contribution < 1.29 is 20.1 Å². The van der Waals surface area contributed by atoms with Gasteiger partial charge in [0.05, 0.1) is 18.8 Å². The minimum atomic E-state index is -1.09. The summed E-state index contributed by atoms with van der Waals surface area (Å²) in [6, 6.07) is -0.789. The van der Waals surface area contributed by atoms with Gasteiger partial charge in [0.25, 0.3) is 0 Å². The predicted molar refractivity (Wildman–Crippen MR) is 172 cm³/mol. The van der Waals surface area contributed by atoms with E-state index in [-0.39, 0.29) is 6.61 Å². The highest BCUT2D eigenvalue weighted by atomic mass is 16.3. The molecule has 3 atom stereocenters. The fraction of sp³-hybridized carbons (Fsp3) is 0.914. The third kappa shape index (κ3) is 26.0. The van der Waals surface area contributed by atoms with Gasteiger partial charge >= 0.3 is 0 Å². The van der Waals surface area contributed by atoms with E-state index in [0.717, 1.165) is 32.1 Å². The normalized spacial score (nSPS) is 14.0. The Labute approximate surface area is 249 Å². The van der Waals surface area contributed by atoms with Crippen LogP contribution in [0.2, 0.25) is 0 Å². The van der Waals surface area contributed by atoms with Crippen LogP contribution in [0.25, 0.3) is 0 Å². The van der Waals surface area contributed by atoms with Crippen molar-refractivity contribution in [1.29, 1.82) is 0 Å². The first-order valence-corrected chi connectivity index (χ1v) is 17.5.